The molecule has 0 aliphatic rings. The molecule has 1 aromatic heterocycles. The highest BCUT2D eigenvalue weighted by Crippen LogP contribution is 2.23. The molecule has 6 heteroatoms. The van der Waals surface area contributed by atoms with Crippen molar-refractivity contribution in [2.45, 2.75) is 13.0 Å². The zero-order valence-corrected chi connectivity index (χ0v) is 14.4. The predicted molar refractivity (Wildman–Crippen MR) is 99.1 cm³/mol. The molecule has 0 bridgehead atoms. The summed E-state index contributed by atoms with van der Waals surface area (Å²) in [5.41, 5.74) is 2.14. The van der Waals surface area contributed by atoms with Crippen LogP contribution in [-0.4, -0.2) is 15.9 Å². The molecule has 1 heterocycles. The van der Waals surface area contributed by atoms with Gasteiger partial charge in [-0.2, -0.15) is 0 Å². The molecule has 0 aliphatic carbocycles. The first-order valence-electron chi connectivity index (χ1n) is 7.83. The van der Waals surface area contributed by atoms with Gasteiger partial charge in [0.15, 0.2) is 0 Å². The zero-order chi connectivity index (χ0) is 17.6. The molecule has 0 radical (unpaired) electrons. The maximum absolute atomic E-state index is 12.3. The van der Waals surface area contributed by atoms with Gasteiger partial charge >= 0.3 is 0 Å². The largest absolute Gasteiger partial charge is 0.345 e. The molecule has 3 rings (SSSR count). The number of anilines is 2. The van der Waals surface area contributed by atoms with Crippen molar-refractivity contribution >= 4 is 29.1 Å². The summed E-state index contributed by atoms with van der Waals surface area (Å²) in [6.07, 6.45) is 2.97. The molecule has 126 valence electrons. The predicted octanol–water partition coefficient (Wildman–Crippen LogP) is 4.36. The standard InChI is InChI=1S/C19H17ClN4O/c1-13(14-7-3-2-4-8-14)23-18(25)15-11-21-19(22-12-15)24-17-10-6-5-9-16(17)20/h2-13H,1H3,(H,23,25)(H,21,22,24). The van der Waals surface area contributed by atoms with E-state index >= 15 is 0 Å². The number of benzene rings is 2. The fourth-order valence-corrected chi connectivity index (χ4v) is 2.48. The number of rotatable bonds is 5. The molecule has 0 fully saturated rings. The lowest BCUT2D eigenvalue weighted by molar-refractivity contribution is 0.0939. The summed E-state index contributed by atoms with van der Waals surface area (Å²) < 4.78 is 0. The minimum absolute atomic E-state index is 0.102. The van der Waals surface area contributed by atoms with Crippen molar-refractivity contribution in [3.8, 4) is 0 Å². The van der Waals surface area contributed by atoms with Gasteiger partial charge in [0.05, 0.1) is 22.3 Å². The first-order chi connectivity index (χ1) is 12.1. The van der Waals surface area contributed by atoms with Gasteiger partial charge in [-0.1, -0.05) is 54.1 Å². The summed E-state index contributed by atoms with van der Waals surface area (Å²) >= 11 is 6.09. The Morgan fingerprint density at radius 1 is 1.00 bits per heavy atom. The molecule has 1 atom stereocenters. The molecule has 0 spiro atoms. The molecule has 25 heavy (non-hydrogen) atoms. The molecule has 0 saturated heterocycles. The van der Waals surface area contributed by atoms with Crippen molar-refractivity contribution < 1.29 is 4.79 Å². The number of nitrogens with one attached hydrogen (secondary N) is 2. The molecule has 2 N–H and O–H groups in total. The van der Waals surface area contributed by atoms with E-state index in [0.29, 0.717) is 22.2 Å². The summed E-state index contributed by atoms with van der Waals surface area (Å²) in [6, 6.07) is 17.0. The molecular weight excluding hydrogens is 336 g/mol. The van der Waals surface area contributed by atoms with Crippen LogP contribution < -0.4 is 10.6 Å². The molecule has 2 aromatic carbocycles. The van der Waals surface area contributed by atoms with E-state index < -0.39 is 0 Å². The third kappa shape index (κ3) is 4.33. The molecular formula is C19H17ClN4O. The number of para-hydroxylation sites is 1. The van der Waals surface area contributed by atoms with Crippen molar-refractivity contribution in [2.24, 2.45) is 0 Å². The van der Waals surface area contributed by atoms with Gasteiger partial charge in [-0.15, -0.1) is 0 Å². The normalized spacial score (nSPS) is 11.6. The monoisotopic (exact) mass is 352 g/mol. The van der Waals surface area contributed by atoms with Gasteiger partial charge in [0.1, 0.15) is 0 Å². The van der Waals surface area contributed by atoms with Crippen LogP contribution in [0, 0.1) is 0 Å². The Morgan fingerprint density at radius 3 is 2.32 bits per heavy atom. The quantitative estimate of drug-likeness (QED) is 0.715. The maximum atomic E-state index is 12.3. The second-order valence-corrected chi connectivity index (χ2v) is 5.91. The van der Waals surface area contributed by atoms with E-state index in [9.17, 15) is 4.79 Å². The van der Waals surface area contributed by atoms with E-state index in [1.54, 1.807) is 6.07 Å². The number of carbonyl (C=O) groups is 1. The maximum Gasteiger partial charge on any atom is 0.254 e. The molecule has 1 amide bonds. The van der Waals surface area contributed by atoms with Crippen LogP contribution in [0.15, 0.2) is 67.0 Å². The highest BCUT2D eigenvalue weighted by atomic mass is 35.5. The SMILES string of the molecule is CC(NC(=O)c1cnc(Nc2ccccc2Cl)nc1)c1ccccc1. The zero-order valence-electron chi connectivity index (χ0n) is 13.6. The van der Waals surface area contributed by atoms with Crippen LogP contribution in [0.2, 0.25) is 5.02 Å². The van der Waals surface area contributed by atoms with E-state index in [4.69, 9.17) is 11.6 Å². The Kier molecular flexibility index (Phi) is 5.26. The molecule has 1 unspecified atom stereocenters. The van der Waals surface area contributed by atoms with Crippen molar-refractivity contribution in [2.75, 3.05) is 5.32 Å². The van der Waals surface area contributed by atoms with Crippen molar-refractivity contribution in [1.82, 2.24) is 15.3 Å². The third-order valence-electron chi connectivity index (χ3n) is 3.68. The topological polar surface area (TPSA) is 66.9 Å². The number of hydrogen-bond acceptors (Lipinski definition) is 4. The minimum atomic E-state index is -0.222. The fraction of sp³-hybridized carbons (Fsp3) is 0.105. The lowest BCUT2D eigenvalue weighted by Gasteiger charge is -2.14. The Bertz CT molecular complexity index is 853. The number of amides is 1. The molecule has 0 saturated carbocycles. The van der Waals surface area contributed by atoms with E-state index in [1.807, 2.05) is 55.5 Å². The van der Waals surface area contributed by atoms with Gasteiger partial charge in [0.2, 0.25) is 5.95 Å². The third-order valence-corrected chi connectivity index (χ3v) is 4.01. The number of hydrogen-bond donors (Lipinski definition) is 2. The summed E-state index contributed by atoms with van der Waals surface area (Å²) in [7, 11) is 0. The second-order valence-electron chi connectivity index (χ2n) is 5.51. The van der Waals surface area contributed by atoms with Gasteiger partial charge in [0.25, 0.3) is 5.91 Å². The molecule has 5 nitrogen and oxygen atoms in total. The Morgan fingerprint density at radius 2 is 1.64 bits per heavy atom. The summed E-state index contributed by atoms with van der Waals surface area (Å²) in [5, 5.41) is 6.52. The van der Waals surface area contributed by atoms with Gasteiger partial charge in [-0.25, -0.2) is 9.97 Å². The lowest BCUT2D eigenvalue weighted by atomic mass is 10.1. The summed E-state index contributed by atoms with van der Waals surface area (Å²) in [6.45, 7) is 1.93. The average Bonchev–Trinajstić information content (AvgIpc) is 2.65. The van der Waals surface area contributed by atoms with Crippen LogP contribution in [-0.2, 0) is 0 Å². The van der Waals surface area contributed by atoms with Gasteiger partial charge in [-0.05, 0) is 24.6 Å². The Labute approximate surface area is 151 Å². The van der Waals surface area contributed by atoms with Crippen molar-refractivity contribution in [3.63, 3.8) is 0 Å². The fourth-order valence-electron chi connectivity index (χ4n) is 2.30. The van der Waals surface area contributed by atoms with E-state index in [1.165, 1.54) is 12.4 Å². The van der Waals surface area contributed by atoms with Crippen LogP contribution in [0.4, 0.5) is 11.6 Å². The highest BCUT2D eigenvalue weighted by Gasteiger charge is 2.12. The first-order valence-corrected chi connectivity index (χ1v) is 8.20. The van der Waals surface area contributed by atoms with E-state index in [0.717, 1.165) is 5.56 Å². The van der Waals surface area contributed by atoms with Crippen LogP contribution in [0.3, 0.4) is 0 Å². The van der Waals surface area contributed by atoms with E-state index in [2.05, 4.69) is 20.6 Å². The van der Waals surface area contributed by atoms with Gasteiger partial charge in [-0.3, -0.25) is 4.79 Å². The Balaban J connectivity index is 1.65. The average molecular weight is 353 g/mol. The molecule has 0 aliphatic heterocycles. The van der Waals surface area contributed by atoms with Crippen LogP contribution in [0.25, 0.3) is 0 Å². The van der Waals surface area contributed by atoms with Crippen LogP contribution in [0.5, 0.6) is 0 Å². The smallest absolute Gasteiger partial charge is 0.254 e. The first kappa shape index (κ1) is 16.9. The Hall–Kier alpha value is -2.92. The number of carbonyl (C=O) groups excluding carboxylic acids is 1. The summed E-state index contributed by atoms with van der Waals surface area (Å²) in [4.78, 5) is 20.7. The van der Waals surface area contributed by atoms with Crippen LogP contribution in [0.1, 0.15) is 28.9 Å². The lowest BCUT2D eigenvalue weighted by Crippen LogP contribution is -2.26. The van der Waals surface area contributed by atoms with Crippen molar-refractivity contribution in [1.29, 1.82) is 0 Å². The summed E-state index contributed by atoms with van der Waals surface area (Å²) in [5.74, 6) is 0.154. The highest BCUT2D eigenvalue weighted by molar-refractivity contribution is 6.33. The number of nitrogens with zero attached hydrogens (tertiary/aromatic N) is 2. The number of aromatic nitrogens is 2. The second kappa shape index (κ2) is 7.77. The van der Waals surface area contributed by atoms with Gasteiger partial charge < -0.3 is 10.6 Å². The van der Waals surface area contributed by atoms with Crippen molar-refractivity contribution in [3.05, 3.63) is 83.1 Å². The number of halogens is 1. The van der Waals surface area contributed by atoms with Crippen LogP contribution >= 0.6 is 11.6 Å². The minimum Gasteiger partial charge on any atom is -0.345 e. The van der Waals surface area contributed by atoms with E-state index in [-0.39, 0.29) is 11.9 Å². The van der Waals surface area contributed by atoms with Gasteiger partial charge in [0, 0.05) is 12.4 Å². The molecule has 3 aromatic rings.